The van der Waals surface area contributed by atoms with Gasteiger partial charge in [-0.2, -0.15) is 0 Å². The molecular weight excluding hydrogens is 282 g/mol. The van der Waals surface area contributed by atoms with Gasteiger partial charge in [0.05, 0.1) is 5.41 Å². The molecule has 0 fully saturated rings. The fraction of sp³-hybridized carbons (Fsp3) is 0.333. The van der Waals surface area contributed by atoms with Gasteiger partial charge in [0.15, 0.2) is 0 Å². The van der Waals surface area contributed by atoms with Crippen LogP contribution in [-0.2, 0) is 5.41 Å². The maximum absolute atomic E-state index is 6.72. The van der Waals surface area contributed by atoms with E-state index in [1.165, 1.54) is 27.9 Å². The quantitative estimate of drug-likeness (QED) is 0.691. The normalized spacial score (nSPS) is 23.6. The third-order valence-corrected chi connectivity index (χ3v) is 5.53. The van der Waals surface area contributed by atoms with Crippen molar-refractivity contribution < 1.29 is 4.74 Å². The number of aryl methyl sites for hydroxylation is 2. The molecule has 1 atom stereocenters. The van der Waals surface area contributed by atoms with Crippen molar-refractivity contribution >= 4 is 11.8 Å². The van der Waals surface area contributed by atoms with E-state index in [0.29, 0.717) is 0 Å². The first kappa shape index (κ1) is 14.4. The number of para-hydroxylation sites is 1. The number of fused-ring (bicyclic) bond motifs is 2. The second-order valence-electron chi connectivity index (χ2n) is 7.33. The van der Waals surface area contributed by atoms with Crippen LogP contribution in [0.4, 0.5) is 5.69 Å². The Bertz CT molecular complexity index is 834. The molecule has 2 aliphatic heterocycles. The highest BCUT2D eigenvalue weighted by Crippen LogP contribution is 2.54. The van der Waals surface area contributed by atoms with E-state index in [4.69, 9.17) is 4.74 Å². The lowest BCUT2D eigenvalue weighted by Crippen LogP contribution is -2.58. The van der Waals surface area contributed by atoms with Gasteiger partial charge in [-0.25, -0.2) is 0 Å². The molecule has 2 heteroatoms. The molecule has 2 aromatic rings. The Morgan fingerprint density at radius 3 is 2.52 bits per heavy atom. The van der Waals surface area contributed by atoms with Crippen LogP contribution in [0.5, 0.6) is 5.75 Å². The summed E-state index contributed by atoms with van der Waals surface area (Å²) in [6, 6.07) is 13.0. The molecule has 0 radical (unpaired) electrons. The molecule has 0 aliphatic carbocycles. The van der Waals surface area contributed by atoms with Gasteiger partial charge in [0.2, 0.25) is 5.72 Å². The van der Waals surface area contributed by atoms with E-state index in [2.05, 4.69) is 88.2 Å². The van der Waals surface area contributed by atoms with Crippen LogP contribution in [0.3, 0.4) is 0 Å². The van der Waals surface area contributed by atoms with Gasteiger partial charge >= 0.3 is 0 Å². The van der Waals surface area contributed by atoms with Crippen molar-refractivity contribution in [1.29, 1.82) is 0 Å². The van der Waals surface area contributed by atoms with Crippen molar-refractivity contribution in [3.63, 3.8) is 0 Å². The number of ether oxygens (including phenoxy) is 1. The van der Waals surface area contributed by atoms with Gasteiger partial charge in [-0.3, -0.25) is 0 Å². The summed E-state index contributed by atoms with van der Waals surface area (Å²) in [5.74, 6) is 1.01. The third kappa shape index (κ3) is 1.69. The Morgan fingerprint density at radius 2 is 1.78 bits per heavy atom. The van der Waals surface area contributed by atoms with Crippen LogP contribution in [-0.4, -0.2) is 12.8 Å². The van der Waals surface area contributed by atoms with Gasteiger partial charge in [-0.05, 0) is 63.1 Å². The predicted octanol–water partition coefficient (Wildman–Crippen LogP) is 4.83. The van der Waals surface area contributed by atoms with Crippen molar-refractivity contribution in [2.24, 2.45) is 0 Å². The Morgan fingerprint density at radius 1 is 1.04 bits per heavy atom. The molecule has 2 heterocycles. The van der Waals surface area contributed by atoms with Gasteiger partial charge in [0.1, 0.15) is 5.75 Å². The second-order valence-corrected chi connectivity index (χ2v) is 7.33. The van der Waals surface area contributed by atoms with Crippen LogP contribution in [0.2, 0.25) is 0 Å². The fourth-order valence-corrected chi connectivity index (χ4v) is 4.24. The van der Waals surface area contributed by atoms with Crippen LogP contribution in [0.1, 0.15) is 36.1 Å². The summed E-state index contributed by atoms with van der Waals surface area (Å²) >= 11 is 0. The van der Waals surface area contributed by atoms with Gasteiger partial charge in [0.25, 0.3) is 0 Å². The molecule has 1 spiro atoms. The highest BCUT2D eigenvalue weighted by Gasteiger charge is 2.57. The van der Waals surface area contributed by atoms with Crippen LogP contribution < -0.4 is 9.64 Å². The molecule has 2 aliphatic rings. The lowest BCUT2D eigenvalue weighted by atomic mass is 9.76. The fourth-order valence-electron chi connectivity index (χ4n) is 4.24. The SMILES string of the molecule is Cc1cc(C)c2c(c1)C=CC1(O2)N(C)c2ccccc2C1(C)C. The van der Waals surface area contributed by atoms with Crippen LogP contribution in [0.25, 0.3) is 6.08 Å². The molecular formula is C21H23NO. The van der Waals surface area contributed by atoms with Gasteiger partial charge in [-0.1, -0.05) is 29.8 Å². The van der Waals surface area contributed by atoms with Crippen LogP contribution in [0, 0.1) is 13.8 Å². The Labute approximate surface area is 138 Å². The first-order valence-corrected chi connectivity index (χ1v) is 8.20. The van der Waals surface area contributed by atoms with E-state index in [1.807, 2.05) is 0 Å². The standard InChI is InChI=1S/C21H23NO/c1-14-12-15(2)19-16(13-14)10-11-21(23-19)20(3,4)17-8-6-7-9-18(17)22(21)5/h6-13H,1-5H3. The molecule has 2 aromatic carbocycles. The number of rotatable bonds is 0. The summed E-state index contributed by atoms with van der Waals surface area (Å²) in [7, 11) is 2.13. The first-order chi connectivity index (χ1) is 10.9. The van der Waals surface area contributed by atoms with Crippen LogP contribution >= 0.6 is 0 Å². The average Bonchev–Trinajstić information content (AvgIpc) is 2.68. The summed E-state index contributed by atoms with van der Waals surface area (Å²) in [6.45, 7) is 8.81. The minimum absolute atomic E-state index is 0.135. The highest BCUT2D eigenvalue weighted by atomic mass is 16.5. The lowest BCUT2D eigenvalue weighted by Gasteiger charge is -2.46. The maximum Gasteiger partial charge on any atom is 0.211 e. The van der Waals surface area contributed by atoms with Crippen molar-refractivity contribution in [3.05, 3.63) is 64.7 Å². The van der Waals surface area contributed by atoms with Crippen LogP contribution in [0.15, 0.2) is 42.5 Å². The highest BCUT2D eigenvalue weighted by molar-refractivity contribution is 5.72. The summed E-state index contributed by atoms with van der Waals surface area (Å²) < 4.78 is 6.72. The largest absolute Gasteiger partial charge is 0.463 e. The van der Waals surface area contributed by atoms with Crippen molar-refractivity contribution in [2.45, 2.75) is 38.8 Å². The van der Waals surface area contributed by atoms with E-state index >= 15 is 0 Å². The molecule has 4 rings (SSSR count). The maximum atomic E-state index is 6.72. The minimum atomic E-state index is -0.482. The summed E-state index contributed by atoms with van der Waals surface area (Å²) in [6.07, 6.45) is 4.46. The Hall–Kier alpha value is -2.22. The van der Waals surface area contributed by atoms with E-state index < -0.39 is 5.72 Å². The molecule has 118 valence electrons. The molecule has 0 amide bonds. The Kier molecular flexibility index (Phi) is 2.76. The molecule has 0 N–H and O–H groups in total. The van der Waals surface area contributed by atoms with E-state index in [-0.39, 0.29) is 5.41 Å². The predicted molar refractivity (Wildman–Crippen MR) is 96.2 cm³/mol. The van der Waals surface area contributed by atoms with Crippen molar-refractivity contribution in [1.82, 2.24) is 0 Å². The third-order valence-electron chi connectivity index (χ3n) is 5.53. The molecule has 0 saturated carbocycles. The molecule has 1 unspecified atom stereocenters. The van der Waals surface area contributed by atoms with Gasteiger partial charge in [-0.15, -0.1) is 0 Å². The number of hydrogen-bond acceptors (Lipinski definition) is 2. The van der Waals surface area contributed by atoms with E-state index in [1.54, 1.807) is 0 Å². The Balaban J connectivity index is 1.92. The van der Waals surface area contributed by atoms with E-state index in [9.17, 15) is 0 Å². The number of nitrogens with zero attached hydrogens (tertiary/aromatic N) is 1. The number of benzene rings is 2. The average molecular weight is 305 g/mol. The zero-order valence-electron chi connectivity index (χ0n) is 14.5. The summed E-state index contributed by atoms with van der Waals surface area (Å²) in [5, 5.41) is 0. The smallest absolute Gasteiger partial charge is 0.211 e. The molecule has 23 heavy (non-hydrogen) atoms. The summed E-state index contributed by atoms with van der Waals surface area (Å²) in [5.41, 5.74) is 5.61. The number of anilines is 1. The van der Waals surface area contributed by atoms with Crippen molar-refractivity contribution in [2.75, 3.05) is 11.9 Å². The number of likely N-dealkylation sites (N-methyl/N-ethyl adjacent to an activating group) is 1. The number of hydrogen-bond donors (Lipinski definition) is 0. The minimum Gasteiger partial charge on any atom is -0.463 e. The zero-order valence-corrected chi connectivity index (χ0v) is 14.5. The molecule has 0 saturated heterocycles. The van der Waals surface area contributed by atoms with Crippen molar-refractivity contribution in [3.8, 4) is 5.75 Å². The zero-order chi connectivity index (χ0) is 16.4. The van der Waals surface area contributed by atoms with Gasteiger partial charge in [0, 0.05) is 18.3 Å². The topological polar surface area (TPSA) is 12.5 Å². The first-order valence-electron chi connectivity index (χ1n) is 8.20. The van der Waals surface area contributed by atoms with Gasteiger partial charge < -0.3 is 9.64 Å². The molecule has 2 nitrogen and oxygen atoms in total. The lowest BCUT2D eigenvalue weighted by molar-refractivity contribution is 0.0574. The monoisotopic (exact) mass is 305 g/mol. The second kappa shape index (κ2) is 4.41. The summed E-state index contributed by atoms with van der Waals surface area (Å²) in [4.78, 5) is 2.28. The molecule has 0 bridgehead atoms. The molecule has 0 aromatic heterocycles. The van der Waals surface area contributed by atoms with E-state index in [0.717, 1.165) is 5.75 Å².